The summed E-state index contributed by atoms with van der Waals surface area (Å²) < 4.78 is 27.5. The molecule has 13 heavy (non-hydrogen) atoms. The van der Waals surface area contributed by atoms with Crippen LogP contribution in [0.1, 0.15) is 13.3 Å². The quantitative estimate of drug-likeness (QED) is 0.664. The summed E-state index contributed by atoms with van der Waals surface area (Å²) in [5.74, 6) is 0.454. The average molecular weight is 226 g/mol. The molecule has 0 aromatic rings. The highest BCUT2D eigenvalue weighted by Gasteiger charge is 2.24. The molecule has 0 heterocycles. The van der Waals surface area contributed by atoms with Crippen LogP contribution in [0.3, 0.4) is 0 Å². The van der Waals surface area contributed by atoms with Crippen LogP contribution in [0.15, 0.2) is 0 Å². The number of ether oxygens (including phenoxy) is 1. The van der Waals surface area contributed by atoms with E-state index in [9.17, 15) is 8.42 Å². The third kappa shape index (κ3) is 4.88. The number of hydrogen-bond donors (Lipinski definition) is 0. The molecule has 0 aromatic carbocycles. The summed E-state index contributed by atoms with van der Waals surface area (Å²) in [5, 5.41) is -0.110. The fourth-order valence-electron chi connectivity index (χ4n) is 1.23. The Bertz CT molecular complexity index is 190. The zero-order valence-corrected chi connectivity index (χ0v) is 10.2. The van der Waals surface area contributed by atoms with Crippen LogP contribution >= 0.6 is 0 Å². The van der Waals surface area contributed by atoms with Gasteiger partial charge >= 0.3 is 0 Å². The Morgan fingerprint density at radius 1 is 1.31 bits per heavy atom. The fourth-order valence-corrected chi connectivity index (χ4v) is 3.98. The molecule has 0 bridgehead atoms. The molecule has 5 heteroatoms. The zero-order valence-electron chi connectivity index (χ0n) is 8.61. The van der Waals surface area contributed by atoms with E-state index in [1.165, 1.54) is 0 Å². The van der Waals surface area contributed by atoms with Gasteiger partial charge in [-0.3, -0.25) is 8.42 Å². The van der Waals surface area contributed by atoms with Crippen LogP contribution in [0, 0.1) is 0 Å². The van der Waals surface area contributed by atoms with Crippen molar-refractivity contribution in [1.82, 2.24) is 0 Å². The van der Waals surface area contributed by atoms with Crippen LogP contribution in [-0.4, -0.2) is 45.1 Å². The van der Waals surface area contributed by atoms with Crippen LogP contribution in [-0.2, 0) is 26.3 Å². The van der Waals surface area contributed by atoms with E-state index < -0.39 is 21.6 Å². The van der Waals surface area contributed by atoms with Gasteiger partial charge in [0.15, 0.2) is 0 Å². The summed E-state index contributed by atoms with van der Waals surface area (Å²) in [6.07, 6.45) is 4.02. The maximum Gasteiger partial charge on any atom is 0.0721 e. The Hall–Kier alpha value is 0.260. The van der Waals surface area contributed by atoms with Crippen LogP contribution in [0.2, 0.25) is 0 Å². The summed E-state index contributed by atoms with van der Waals surface area (Å²) in [5.41, 5.74) is 0. The maximum atomic E-state index is 11.3. The van der Waals surface area contributed by atoms with Crippen molar-refractivity contribution in [1.29, 1.82) is 0 Å². The summed E-state index contributed by atoms with van der Waals surface area (Å²) >= 11 is 0. The van der Waals surface area contributed by atoms with Crippen LogP contribution in [0.25, 0.3) is 0 Å². The molecule has 0 aliphatic heterocycles. The third-order valence-corrected chi connectivity index (χ3v) is 4.31. The lowest BCUT2D eigenvalue weighted by molar-refractivity contribution is 0.101. The number of hydrogen-bond acceptors (Lipinski definition) is 3. The zero-order chi connectivity index (χ0) is 10.4. The smallest absolute Gasteiger partial charge is 0.0721 e. The molecule has 3 nitrogen and oxygen atoms in total. The summed E-state index contributed by atoms with van der Waals surface area (Å²) in [6, 6.07) is 0. The van der Waals surface area contributed by atoms with Gasteiger partial charge in [-0.2, -0.15) is 0 Å². The minimum atomic E-state index is -0.972. The Labute approximate surface area is 85.2 Å². The van der Waals surface area contributed by atoms with Gasteiger partial charge in [0, 0.05) is 47.0 Å². The lowest BCUT2D eigenvalue weighted by Crippen LogP contribution is -2.35. The van der Waals surface area contributed by atoms with E-state index in [1.807, 2.05) is 6.92 Å². The highest BCUT2D eigenvalue weighted by molar-refractivity contribution is 7.88. The molecule has 0 rings (SSSR count). The second-order valence-corrected chi connectivity index (χ2v) is 6.04. The topological polar surface area (TPSA) is 43.4 Å². The molecule has 0 saturated carbocycles. The van der Waals surface area contributed by atoms with Crippen molar-refractivity contribution in [3.63, 3.8) is 0 Å². The van der Waals surface area contributed by atoms with Crippen molar-refractivity contribution in [2.45, 2.75) is 24.7 Å². The number of methoxy groups -OCH3 is 1. The molecule has 80 valence electrons. The molecular formula is C8H18O3S2. The average Bonchev–Trinajstić information content (AvgIpc) is 2.04. The molecule has 0 radical (unpaired) electrons. The van der Waals surface area contributed by atoms with Gasteiger partial charge in [-0.1, -0.05) is 6.92 Å². The van der Waals surface area contributed by atoms with E-state index in [4.69, 9.17) is 4.74 Å². The largest absolute Gasteiger partial charge is 0.380 e. The van der Waals surface area contributed by atoms with Gasteiger partial charge in [0.25, 0.3) is 0 Å². The van der Waals surface area contributed by atoms with Gasteiger partial charge in [-0.25, -0.2) is 0 Å². The van der Waals surface area contributed by atoms with Crippen LogP contribution in [0.4, 0.5) is 0 Å². The van der Waals surface area contributed by atoms with Crippen LogP contribution < -0.4 is 0 Å². The first-order valence-corrected chi connectivity index (χ1v) is 7.52. The molecule has 4 unspecified atom stereocenters. The Morgan fingerprint density at radius 3 is 2.08 bits per heavy atom. The van der Waals surface area contributed by atoms with Gasteiger partial charge in [0.05, 0.1) is 11.4 Å². The molecule has 0 fully saturated rings. The van der Waals surface area contributed by atoms with Crippen molar-refractivity contribution in [2.24, 2.45) is 0 Å². The molecule has 0 aliphatic carbocycles. The van der Waals surface area contributed by atoms with Crippen molar-refractivity contribution in [3.8, 4) is 0 Å². The first kappa shape index (κ1) is 13.3. The summed E-state index contributed by atoms with van der Waals surface area (Å²) in [4.78, 5) is 0. The predicted octanol–water partition coefficient (Wildman–Crippen LogP) is 0.537. The lowest BCUT2D eigenvalue weighted by Gasteiger charge is -2.21. The molecule has 4 atom stereocenters. The van der Waals surface area contributed by atoms with Gasteiger partial charge in [0.1, 0.15) is 0 Å². The Morgan fingerprint density at radius 2 is 1.85 bits per heavy atom. The van der Waals surface area contributed by atoms with Crippen molar-refractivity contribution in [2.75, 3.05) is 25.4 Å². The van der Waals surface area contributed by atoms with E-state index in [0.717, 1.165) is 6.42 Å². The van der Waals surface area contributed by atoms with Gasteiger partial charge < -0.3 is 4.74 Å². The molecule has 0 aliphatic rings. The Balaban J connectivity index is 4.38. The van der Waals surface area contributed by atoms with E-state index in [0.29, 0.717) is 5.75 Å². The number of rotatable bonds is 6. The van der Waals surface area contributed by atoms with Gasteiger partial charge in [-0.05, 0) is 6.42 Å². The first-order chi connectivity index (χ1) is 6.02. The molecule has 0 amide bonds. The fraction of sp³-hybridized carbons (Fsp3) is 1.00. The molecule has 0 aromatic heterocycles. The Kier molecular flexibility index (Phi) is 6.81. The minimum absolute atomic E-state index is 0.0465. The van der Waals surface area contributed by atoms with Crippen molar-refractivity contribution >= 4 is 21.6 Å². The normalized spacial score (nSPS) is 20.6. The molecular weight excluding hydrogens is 208 g/mol. The third-order valence-electron chi connectivity index (χ3n) is 1.95. The van der Waals surface area contributed by atoms with Gasteiger partial charge in [-0.15, -0.1) is 0 Å². The van der Waals surface area contributed by atoms with E-state index in [-0.39, 0.29) is 11.4 Å². The molecule has 0 spiro atoms. The molecule has 0 saturated heterocycles. The molecule has 0 N–H and O–H groups in total. The predicted molar refractivity (Wildman–Crippen MR) is 57.9 cm³/mol. The second kappa shape index (κ2) is 6.68. The minimum Gasteiger partial charge on any atom is -0.380 e. The van der Waals surface area contributed by atoms with E-state index in [1.54, 1.807) is 19.6 Å². The highest BCUT2D eigenvalue weighted by Crippen LogP contribution is 2.10. The van der Waals surface area contributed by atoms with Gasteiger partial charge in [0.2, 0.25) is 0 Å². The standard InChI is InChI=1S/C8H18O3S2/c1-5-7(11-2)8(13(4)10)6-12(3)9/h7-8H,5-6H2,1-4H3. The summed E-state index contributed by atoms with van der Waals surface area (Å²) in [7, 11) is -0.281. The maximum absolute atomic E-state index is 11.3. The van der Waals surface area contributed by atoms with Crippen LogP contribution in [0.5, 0.6) is 0 Å². The lowest BCUT2D eigenvalue weighted by atomic mass is 10.2. The SMILES string of the molecule is CCC(OC)C(CS(C)=O)S(C)=O. The first-order valence-electron chi connectivity index (χ1n) is 4.18. The monoisotopic (exact) mass is 226 g/mol. The highest BCUT2D eigenvalue weighted by atomic mass is 32.2. The van der Waals surface area contributed by atoms with Crippen molar-refractivity contribution < 1.29 is 13.2 Å². The van der Waals surface area contributed by atoms with Crippen molar-refractivity contribution in [3.05, 3.63) is 0 Å². The second-order valence-electron chi connectivity index (χ2n) is 2.96. The van der Waals surface area contributed by atoms with E-state index >= 15 is 0 Å². The van der Waals surface area contributed by atoms with E-state index in [2.05, 4.69) is 0 Å². The summed E-state index contributed by atoms with van der Waals surface area (Å²) in [6.45, 7) is 1.98.